The molecule has 1 unspecified atom stereocenters. The van der Waals surface area contributed by atoms with Crippen LogP contribution in [0.4, 0.5) is 0 Å². The standard InChI is InChI=1S/C23H31N5O2/c1-27-14-18(15-9-10-15)25-20-17(13-24-21(20)27)22(29)26-19(16-7-3-2-4-8-16)23(30)28-11-5-6-12-28/h13-16,19H,2-12H2,1H3,(H,26,29)/p+1. The van der Waals surface area contributed by atoms with Crippen molar-refractivity contribution in [2.75, 3.05) is 13.1 Å². The van der Waals surface area contributed by atoms with Crippen molar-refractivity contribution in [1.82, 2.24) is 20.2 Å². The van der Waals surface area contributed by atoms with Gasteiger partial charge in [0.05, 0.1) is 12.7 Å². The SMILES string of the molecule is C[n+]1cc(C2CC2)nc2c(C(=O)NC(C(=O)N3CCCC3)C3CCCCC3)c[nH]c21. The molecule has 2 amide bonds. The number of amides is 2. The van der Waals surface area contributed by atoms with E-state index >= 15 is 0 Å². The normalized spacial score (nSPS) is 21.2. The molecule has 1 atom stereocenters. The Labute approximate surface area is 177 Å². The van der Waals surface area contributed by atoms with Crippen LogP contribution in [0.25, 0.3) is 11.2 Å². The Morgan fingerprint density at radius 3 is 2.57 bits per heavy atom. The lowest BCUT2D eigenvalue weighted by molar-refractivity contribution is -0.647. The van der Waals surface area contributed by atoms with Crippen LogP contribution < -0.4 is 9.88 Å². The molecule has 1 saturated heterocycles. The van der Waals surface area contributed by atoms with E-state index in [1.54, 1.807) is 6.20 Å². The van der Waals surface area contributed by atoms with Gasteiger partial charge in [0.25, 0.3) is 5.91 Å². The van der Waals surface area contributed by atoms with Crippen LogP contribution in [-0.4, -0.2) is 45.8 Å². The van der Waals surface area contributed by atoms with Crippen LogP contribution in [0.15, 0.2) is 12.4 Å². The van der Waals surface area contributed by atoms with Gasteiger partial charge in [0.15, 0.2) is 5.52 Å². The third kappa shape index (κ3) is 3.70. The number of aromatic amines is 1. The van der Waals surface area contributed by atoms with E-state index in [0.29, 0.717) is 17.0 Å². The number of carbonyl (C=O) groups is 2. The Hall–Kier alpha value is -2.44. The maximum Gasteiger partial charge on any atom is 0.306 e. The van der Waals surface area contributed by atoms with Gasteiger partial charge >= 0.3 is 5.65 Å². The van der Waals surface area contributed by atoms with E-state index in [4.69, 9.17) is 4.98 Å². The molecule has 2 aromatic heterocycles. The number of nitrogens with one attached hydrogen (secondary N) is 2. The summed E-state index contributed by atoms with van der Waals surface area (Å²) in [6.45, 7) is 1.63. The summed E-state index contributed by atoms with van der Waals surface area (Å²) in [7, 11) is 1.98. The summed E-state index contributed by atoms with van der Waals surface area (Å²) in [5.41, 5.74) is 3.13. The maximum atomic E-state index is 13.3. The fraction of sp³-hybridized carbons (Fsp3) is 0.652. The van der Waals surface area contributed by atoms with Crippen molar-refractivity contribution in [2.24, 2.45) is 13.0 Å². The Morgan fingerprint density at radius 1 is 1.13 bits per heavy atom. The van der Waals surface area contributed by atoms with Crippen molar-refractivity contribution >= 4 is 23.0 Å². The highest BCUT2D eigenvalue weighted by Crippen LogP contribution is 2.39. The van der Waals surface area contributed by atoms with E-state index in [2.05, 4.69) is 16.5 Å². The summed E-state index contributed by atoms with van der Waals surface area (Å²) in [5, 5.41) is 3.14. The molecule has 0 spiro atoms. The van der Waals surface area contributed by atoms with Gasteiger partial charge < -0.3 is 10.2 Å². The fourth-order valence-electron chi connectivity index (χ4n) is 5.16. The van der Waals surface area contributed by atoms with Gasteiger partial charge in [-0.3, -0.25) is 9.59 Å². The maximum absolute atomic E-state index is 13.3. The van der Waals surface area contributed by atoms with Crippen LogP contribution in [0.5, 0.6) is 0 Å². The van der Waals surface area contributed by atoms with Crippen LogP contribution >= 0.6 is 0 Å². The van der Waals surface area contributed by atoms with E-state index in [9.17, 15) is 9.59 Å². The van der Waals surface area contributed by atoms with Gasteiger partial charge in [-0.1, -0.05) is 19.3 Å². The topological polar surface area (TPSA) is 82.0 Å². The highest BCUT2D eigenvalue weighted by molar-refractivity contribution is 6.05. The van der Waals surface area contributed by atoms with E-state index in [1.165, 1.54) is 19.3 Å². The zero-order valence-electron chi connectivity index (χ0n) is 17.8. The predicted molar refractivity (Wildman–Crippen MR) is 113 cm³/mol. The number of likely N-dealkylation sites (tertiary alicyclic amines) is 1. The molecule has 0 bridgehead atoms. The molecule has 2 saturated carbocycles. The summed E-state index contributed by atoms with van der Waals surface area (Å²) < 4.78 is 2.01. The molecule has 30 heavy (non-hydrogen) atoms. The Balaban J connectivity index is 1.42. The summed E-state index contributed by atoms with van der Waals surface area (Å²) in [5.74, 6) is 0.653. The predicted octanol–water partition coefficient (Wildman–Crippen LogP) is 2.57. The van der Waals surface area contributed by atoms with Gasteiger partial charge in [-0.15, -0.1) is 0 Å². The number of carbonyl (C=O) groups excluding carboxylic acids is 2. The minimum Gasteiger partial charge on any atom is -0.341 e. The van der Waals surface area contributed by atoms with Crippen LogP contribution in [-0.2, 0) is 11.8 Å². The van der Waals surface area contributed by atoms with Crippen LogP contribution in [0.3, 0.4) is 0 Å². The van der Waals surface area contributed by atoms with Crippen LogP contribution in [0.1, 0.15) is 79.8 Å². The number of fused-ring (bicyclic) bond motifs is 1. The molecule has 2 aliphatic carbocycles. The van der Waals surface area contributed by atoms with Crippen LogP contribution in [0, 0.1) is 5.92 Å². The lowest BCUT2D eigenvalue weighted by atomic mass is 9.83. The molecule has 3 aliphatic rings. The fourth-order valence-corrected chi connectivity index (χ4v) is 5.16. The average molecular weight is 411 g/mol. The lowest BCUT2D eigenvalue weighted by Crippen LogP contribution is -2.52. The summed E-state index contributed by atoms with van der Waals surface area (Å²) >= 11 is 0. The van der Waals surface area contributed by atoms with E-state index in [-0.39, 0.29) is 17.7 Å². The Morgan fingerprint density at radius 2 is 1.87 bits per heavy atom. The molecule has 1 aliphatic heterocycles. The molecule has 7 nitrogen and oxygen atoms in total. The number of hydrogen-bond donors (Lipinski definition) is 2. The van der Waals surface area contributed by atoms with Crippen LogP contribution in [0.2, 0.25) is 0 Å². The van der Waals surface area contributed by atoms with Crippen molar-refractivity contribution in [3.8, 4) is 0 Å². The van der Waals surface area contributed by atoms with Crippen molar-refractivity contribution in [3.63, 3.8) is 0 Å². The van der Waals surface area contributed by atoms with Gasteiger partial charge in [0.1, 0.15) is 24.0 Å². The van der Waals surface area contributed by atoms with Crippen molar-refractivity contribution < 1.29 is 14.2 Å². The molecule has 7 heteroatoms. The third-order valence-electron chi connectivity index (χ3n) is 7.08. The minimum absolute atomic E-state index is 0.102. The van der Waals surface area contributed by atoms with Gasteiger partial charge in [-0.2, -0.15) is 0 Å². The second-order valence-corrected chi connectivity index (χ2v) is 9.33. The molecule has 2 aromatic rings. The van der Waals surface area contributed by atoms with Crippen molar-refractivity contribution in [2.45, 2.75) is 69.7 Å². The third-order valence-corrected chi connectivity index (χ3v) is 7.08. The lowest BCUT2D eigenvalue weighted by Gasteiger charge is -2.32. The number of aryl methyl sites for hydroxylation is 1. The molecule has 160 valence electrons. The van der Waals surface area contributed by atoms with Crippen molar-refractivity contribution in [3.05, 3.63) is 23.7 Å². The first-order valence-electron chi connectivity index (χ1n) is 11.6. The molecular weight excluding hydrogens is 378 g/mol. The molecule has 3 heterocycles. The molecule has 0 aromatic carbocycles. The van der Waals surface area contributed by atoms with Gasteiger partial charge in [0.2, 0.25) is 5.91 Å². The number of hydrogen-bond acceptors (Lipinski definition) is 3. The smallest absolute Gasteiger partial charge is 0.306 e. The summed E-state index contributed by atoms with van der Waals surface area (Å²) in [6, 6.07) is -0.429. The zero-order valence-corrected chi connectivity index (χ0v) is 17.8. The largest absolute Gasteiger partial charge is 0.341 e. The highest BCUT2D eigenvalue weighted by atomic mass is 16.2. The number of rotatable bonds is 5. The number of nitrogens with zero attached hydrogens (tertiary/aromatic N) is 3. The first-order chi connectivity index (χ1) is 14.6. The average Bonchev–Trinajstić information content (AvgIpc) is 3.29. The minimum atomic E-state index is -0.429. The zero-order chi connectivity index (χ0) is 20.7. The summed E-state index contributed by atoms with van der Waals surface area (Å²) in [6.07, 6.45) is 13.8. The second-order valence-electron chi connectivity index (χ2n) is 9.33. The quantitative estimate of drug-likeness (QED) is 0.744. The van der Waals surface area contributed by atoms with Crippen molar-refractivity contribution in [1.29, 1.82) is 0 Å². The molecule has 2 N–H and O–H groups in total. The van der Waals surface area contributed by atoms with E-state index < -0.39 is 6.04 Å². The first kappa shape index (κ1) is 19.5. The molecule has 3 fully saturated rings. The van der Waals surface area contributed by atoms with Gasteiger partial charge in [-0.05, 0) is 44.4 Å². The first-order valence-corrected chi connectivity index (χ1v) is 11.6. The number of aromatic nitrogens is 3. The van der Waals surface area contributed by atoms with Gasteiger partial charge in [-0.25, -0.2) is 14.5 Å². The summed E-state index contributed by atoms with van der Waals surface area (Å²) in [4.78, 5) is 36.6. The number of H-pyrrole nitrogens is 1. The monoisotopic (exact) mass is 410 g/mol. The molecular formula is C23H32N5O2+. The van der Waals surface area contributed by atoms with E-state index in [1.807, 2.05) is 16.5 Å². The highest BCUT2D eigenvalue weighted by Gasteiger charge is 2.36. The second kappa shape index (κ2) is 8.00. The molecule has 0 radical (unpaired) electrons. The Kier molecular flexibility index (Phi) is 5.21. The molecule has 5 rings (SSSR count). The van der Waals surface area contributed by atoms with Gasteiger partial charge in [0, 0.05) is 19.0 Å². The Bertz CT molecular complexity index is 952. The van der Waals surface area contributed by atoms with E-state index in [0.717, 1.165) is 63.0 Å².